The molecule has 3 rings (SSSR count). The van der Waals surface area contributed by atoms with Crippen molar-refractivity contribution in [2.75, 3.05) is 13.7 Å². The van der Waals surface area contributed by atoms with E-state index in [9.17, 15) is 9.59 Å². The van der Waals surface area contributed by atoms with Gasteiger partial charge in [0.1, 0.15) is 17.8 Å². The number of ether oxygens (including phenoxy) is 2. The molecule has 0 bridgehead atoms. The van der Waals surface area contributed by atoms with Gasteiger partial charge in [0.25, 0.3) is 0 Å². The molecule has 0 spiro atoms. The van der Waals surface area contributed by atoms with Crippen molar-refractivity contribution in [3.05, 3.63) is 29.8 Å². The van der Waals surface area contributed by atoms with E-state index in [4.69, 9.17) is 9.47 Å². The van der Waals surface area contributed by atoms with Crippen molar-refractivity contribution in [3.63, 3.8) is 0 Å². The fourth-order valence-electron chi connectivity index (χ4n) is 3.50. The van der Waals surface area contributed by atoms with Gasteiger partial charge in [0.15, 0.2) is 0 Å². The number of hydrogen-bond donors (Lipinski definition) is 2. The van der Waals surface area contributed by atoms with Crippen LogP contribution in [0, 0.1) is 0 Å². The van der Waals surface area contributed by atoms with E-state index < -0.39 is 12.1 Å². The molecule has 1 aromatic rings. The summed E-state index contributed by atoms with van der Waals surface area (Å²) < 4.78 is 10.2. The second-order valence-corrected chi connectivity index (χ2v) is 6.73. The molecule has 1 unspecified atom stereocenters. The highest BCUT2D eigenvalue weighted by Gasteiger charge is 2.32. The van der Waals surface area contributed by atoms with Crippen molar-refractivity contribution >= 4 is 11.9 Å². The van der Waals surface area contributed by atoms with Gasteiger partial charge >= 0.3 is 5.97 Å². The molecule has 136 valence electrons. The molecule has 0 aromatic heterocycles. The maximum absolute atomic E-state index is 12.9. The molecule has 0 radical (unpaired) electrons. The first-order valence-electron chi connectivity index (χ1n) is 9.04. The molecule has 2 atom stereocenters. The minimum Gasteiger partial charge on any atom is -0.497 e. The molecule has 6 heteroatoms. The van der Waals surface area contributed by atoms with E-state index >= 15 is 0 Å². The first kappa shape index (κ1) is 17.7. The molecule has 6 nitrogen and oxygen atoms in total. The van der Waals surface area contributed by atoms with Gasteiger partial charge in [-0.05, 0) is 30.5 Å². The normalized spacial score (nSPS) is 22.3. The number of carbonyl (C=O) groups excluding carboxylic acids is 2. The lowest BCUT2D eigenvalue weighted by Gasteiger charge is -2.27. The lowest BCUT2D eigenvalue weighted by molar-refractivity contribution is -0.140. The Morgan fingerprint density at radius 3 is 2.48 bits per heavy atom. The summed E-state index contributed by atoms with van der Waals surface area (Å²) in [5.74, 6) is 0.358. The van der Waals surface area contributed by atoms with Crippen LogP contribution >= 0.6 is 0 Å². The molecule has 1 aromatic carbocycles. The molecule has 2 fully saturated rings. The molecule has 1 aliphatic carbocycles. The highest BCUT2D eigenvalue weighted by atomic mass is 16.5. The number of hydrogen-bond acceptors (Lipinski definition) is 5. The number of methoxy groups -OCH3 is 1. The molecular weight excluding hydrogens is 320 g/mol. The molecule has 1 saturated heterocycles. The van der Waals surface area contributed by atoms with Crippen molar-refractivity contribution in [2.45, 2.75) is 56.7 Å². The fourth-order valence-corrected chi connectivity index (χ4v) is 3.50. The highest BCUT2D eigenvalue weighted by molar-refractivity contribution is 5.85. The number of benzene rings is 1. The predicted octanol–water partition coefficient (Wildman–Crippen LogP) is 2.09. The third-order valence-electron chi connectivity index (χ3n) is 4.97. The Morgan fingerprint density at radius 2 is 1.88 bits per heavy atom. The number of esters is 1. The number of nitrogens with one attached hydrogen (secondary N) is 2. The van der Waals surface area contributed by atoms with Crippen LogP contribution in [0.15, 0.2) is 24.3 Å². The molecule has 1 saturated carbocycles. The summed E-state index contributed by atoms with van der Waals surface area (Å²) in [5.41, 5.74) is 0.814. The summed E-state index contributed by atoms with van der Waals surface area (Å²) in [6.07, 6.45) is 6.17. The van der Waals surface area contributed by atoms with Gasteiger partial charge in [0.2, 0.25) is 5.91 Å². The van der Waals surface area contributed by atoms with Crippen molar-refractivity contribution in [1.29, 1.82) is 0 Å². The van der Waals surface area contributed by atoms with Crippen LogP contribution in [0.2, 0.25) is 0 Å². The Balaban J connectivity index is 1.74. The molecule has 2 N–H and O–H groups in total. The van der Waals surface area contributed by atoms with E-state index in [-0.39, 0.29) is 17.9 Å². The van der Waals surface area contributed by atoms with Gasteiger partial charge in [-0.3, -0.25) is 14.9 Å². The average Bonchev–Trinajstić information content (AvgIpc) is 3.05. The quantitative estimate of drug-likeness (QED) is 0.772. The second kappa shape index (κ2) is 8.34. The van der Waals surface area contributed by atoms with Crippen LogP contribution in [0.5, 0.6) is 5.75 Å². The van der Waals surface area contributed by atoms with Gasteiger partial charge in [0, 0.05) is 12.5 Å². The smallest absolute Gasteiger partial charge is 0.323 e. The SMILES string of the molecule is COc1ccc(C(N[C@H]2CCOC2=O)C(=O)NC2CCCCC2)cc1. The number of carbonyl (C=O) groups is 2. The first-order chi connectivity index (χ1) is 12.2. The monoisotopic (exact) mass is 346 g/mol. The van der Waals surface area contributed by atoms with E-state index in [1.165, 1.54) is 6.42 Å². The van der Waals surface area contributed by atoms with Gasteiger partial charge in [-0.1, -0.05) is 31.4 Å². The summed E-state index contributed by atoms with van der Waals surface area (Å²) in [5, 5.41) is 6.33. The Morgan fingerprint density at radius 1 is 1.16 bits per heavy atom. The summed E-state index contributed by atoms with van der Waals surface area (Å²) >= 11 is 0. The standard InChI is InChI=1S/C19H26N2O4/c1-24-15-9-7-13(8-10-15)17(21-16-11-12-25-19(16)23)18(22)20-14-5-3-2-4-6-14/h7-10,14,16-17,21H,2-6,11-12H2,1H3,(H,20,22)/t16-,17?/m0/s1. The lowest BCUT2D eigenvalue weighted by atomic mass is 9.94. The Bertz CT molecular complexity index is 596. The Kier molecular flexibility index (Phi) is 5.91. The zero-order valence-corrected chi connectivity index (χ0v) is 14.6. The van der Waals surface area contributed by atoms with Crippen molar-refractivity contribution in [2.24, 2.45) is 0 Å². The van der Waals surface area contributed by atoms with Crippen LogP contribution in [0.4, 0.5) is 0 Å². The number of rotatable bonds is 6. The number of amides is 1. The third kappa shape index (κ3) is 4.51. The zero-order chi connectivity index (χ0) is 17.6. The van der Waals surface area contributed by atoms with E-state index in [2.05, 4.69) is 10.6 Å². The first-order valence-corrected chi connectivity index (χ1v) is 9.04. The maximum atomic E-state index is 12.9. The molecule has 1 heterocycles. The summed E-state index contributed by atoms with van der Waals surface area (Å²) in [4.78, 5) is 24.7. The number of cyclic esters (lactones) is 1. The van der Waals surface area contributed by atoms with E-state index in [0.717, 1.165) is 37.0 Å². The average molecular weight is 346 g/mol. The van der Waals surface area contributed by atoms with E-state index in [1.807, 2.05) is 24.3 Å². The van der Waals surface area contributed by atoms with Crippen LogP contribution in [0.1, 0.15) is 50.1 Å². The van der Waals surface area contributed by atoms with Crippen molar-refractivity contribution in [1.82, 2.24) is 10.6 Å². The minimum absolute atomic E-state index is 0.0863. The van der Waals surface area contributed by atoms with Crippen LogP contribution < -0.4 is 15.4 Å². The van der Waals surface area contributed by atoms with Gasteiger partial charge in [-0.15, -0.1) is 0 Å². The van der Waals surface area contributed by atoms with Crippen LogP contribution in [-0.4, -0.2) is 37.7 Å². The summed E-state index contributed by atoms with van der Waals surface area (Å²) in [6, 6.07) is 6.57. The lowest BCUT2D eigenvalue weighted by Crippen LogP contribution is -2.47. The minimum atomic E-state index is -0.580. The van der Waals surface area contributed by atoms with Crippen molar-refractivity contribution in [3.8, 4) is 5.75 Å². The molecule has 2 aliphatic rings. The molecular formula is C19H26N2O4. The van der Waals surface area contributed by atoms with Gasteiger partial charge < -0.3 is 14.8 Å². The molecule has 1 amide bonds. The largest absolute Gasteiger partial charge is 0.497 e. The topological polar surface area (TPSA) is 76.7 Å². The summed E-state index contributed by atoms with van der Waals surface area (Å²) in [6.45, 7) is 0.399. The summed E-state index contributed by atoms with van der Waals surface area (Å²) in [7, 11) is 1.61. The van der Waals surface area contributed by atoms with Crippen molar-refractivity contribution < 1.29 is 19.1 Å². The third-order valence-corrected chi connectivity index (χ3v) is 4.97. The maximum Gasteiger partial charge on any atom is 0.323 e. The molecule has 1 aliphatic heterocycles. The second-order valence-electron chi connectivity index (χ2n) is 6.73. The zero-order valence-electron chi connectivity index (χ0n) is 14.6. The Hall–Kier alpha value is -2.08. The highest BCUT2D eigenvalue weighted by Crippen LogP contribution is 2.22. The predicted molar refractivity (Wildman–Crippen MR) is 93.3 cm³/mol. The van der Waals surface area contributed by atoms with Gasteiger partial charge in [0.05, 0.1) is 13.7 Å². The van der Waals surface area contributed by atoms with E-state index in [0.29, 0.717) is 13.0 Å². The Labute approximate surface area is 148 Å². The van der Waals surface area contributed by atoms with Gasteiger partial charge in [-0.2, -0.15) is 0 Å². The fraction of sp³-hybridized carbons (Fsp3) is 0.579. The molecule has 25 heavy (non-hydrogen) atoms. The van der Waals surface area contributed by atoms with Crippen LogP contribution in [0.3, 0.4) is 0 Å². The van der Waals surface area contributed by atoms with Crippen LogP contribution in [-0.2, 0) is 14.3 Å². The van der Waals surface area contributed by atoms with E-state index in [1.54, 1.807) is 7.11 Å². The van der Waals surface area contributed by atoms with Crippen LogP contribution in [0.25, 0.3) is 0 Å². The van der Waals surface area contributed by atoms with Gasteiger partial charge in [-0.25, -0.2) is 0 Å².